The van der Waals surface area contributed by atoms with Crippen molar-refractivity contribution in [3.63, 3.8) is 0 Å². The number of aromatic amines is 1. The minimum absolute atomic E-state index is 0.217. The van der Waals surface area contributed by atoms with E-state index in [-0.39, 0.29) is 11.6 Å². The summed E-state index contributed by atoms with van der Waals surface area (Å²) in [6.45, 7) is 2.02. The van der Waals surface area contributed by atoms with E-state index in [9.17, 15) is 4.79 Å². The molecule has 0 bridgehead atoms. The maximum atomic E-state index is 12.4. The number of aromatic nitrogens is 5. The lowest BCUT2D eigenvalue weighted by atomic mass is 10.0. The summed E-state index contributed by atoms with van der Waals surface area (Å²) in [6, 6.07) is 1.87. The number of rotatable bonds is 4. The average molecular weight is 341 g/mol. The Balaban J connectivity index is 1.68. The number of pyridine rings is 1. The second kappa shape index (κ2) is 6.64. The molecule has 0 unspecified atom stereocenters. The fourth-order valence-corrected chi connectivity index (χ4v) is 2.95. The number of H-pyrrole nitrogens is 1. The van der Waals surface area contributed by atoms with E-state index in [1.807, 2.05) is 17.8 Å². The van der Waals surface area contributed by atoms with Crippen LogP contribution in [0.5, 0.6) is 6.01 Å². The second-order valence-corrected chi connectivity index (χ2v) is 6.22. The molecule has 3 aromatic heterocycles. The second-order valence-electron chi connectivity index (χ2n) is 6.22. The molecule has 4 heterocycles. The van der Waals surface area contributed by atoms with Crippen molar-refractivity contribution in [2.45, 2.75) is 12.8 Å². The molecule has 130 valence electrons. The van der Waals surface area contributed by atoms with Gasteiger partial charge in [0.15, 0.2) is 0 Å². The van der Waals surface area contributed by atoms with E-state index >= 15 is 0 Å². The van der Waals surface area contributed by atoms with Gasteiger partial charge in [-0.1, -0.05) is 0 Å². The van der Waals surface area contributed by atoms with Crippen molar-refractivity contribution in [2.75, 3.05) is 19.8 Å². The summed E-state index contributed by atoms with van der Waals surface area (Å²) in [5.41, 5.74) is 1.49. The van der Waals surface area contributed by atoms with Crippen LogP contribution in [-0.4, -0.2) is 44.3 Å². The lowest BCUT2D eigenvalue weighted by Gasteiger charge is -2.21. The summed E-state index contributed by atoms with van der Waals surface area (Å²) in [7, 11) is 1.88. The Morgan fingerprint density at radius 3 is 2.96 bits per heavy atom. The Morgan fingerprint density at radius 2 is 2.20 bits per heavy atom. The number of hydrogen-bond donors (Lipinski definition) is 1. The zero-order chi connectivity index (χ0) is 17.2. The topological polar surface area (TPSA) is 94.9 Å². The lowest BCUT2D eigenvalue weighted by Crippen LogP contribution is -2.22. The van der Waals surface area contributed by atoms with Crippen LogP contribution >= 0.6 is 0 Å². The Morgan fingerprint density at radius 1 is 1.36 bits per heavy atom. The molecule has 0 atom stereocenters. The molecule has 1 aliphatic rings. The summed E-state index contributed by atoms with van der Waals surface area (Å²) in [6.07, 6.45) is 7.03. The molecule has 0 amide bonds. The average Bonchev–Trinajstić information content (AvgIpc) is 3.07. The SMILES string of the molecule is Cn1cnc(-c2nccc3c(=O)[nH]c(OCC4CCOCC4)nc23)c1. The van der Waals surface area contributed by atoms with Gasteiger partial charge in [0, 0.05) is 32.7 Å². The molecule has 8 nitrogen and oxygen atoms in total. The van der Waals surface area contributed by atoms with Crippen LogP contribution in [-0.2, 0) is 11.8 Å². The number of imidazole rings is 1. The van der Waals surface area contributed by atoms with Crippen LogP contribution in [0.3, 0.4) is 0 Å². The molecule has 0 aliphatic carbocycles. The van der Waals surface area contributed by atoms with Crippen molar-refractivity contribution in [2.24, 2.45) is 13.0 Å². The third kappa shape index (κ3) is 3.25. The largest absolute Gasteiger partial charge is 0.464 e. The van der Waals surface area contributed by atoms with E-state index in [1.165, 1.54) is 0 Å². The van der Waals surface area contributed by atoms with Crippen LogP contribution in [0.2, 0.25) is 0 Å². The van der Waals surface area contributed by atoms with Gasteiger partial charge in [0.05, 0.1) is 18.3 Å². The van der Waals surface area contributed by atoms with Crippen LogP contribution in [0.4, 0.5) is 0 Å². The number of ether oxygens (including phenoxy) is 2. The molecule has 1 saturated heterocycles. The first-order chi connectivity index (χ1) is 12.2. The summed E-state index contributed by atoms with van der Waals surface area (Å²) in [4.78, 5) is 28.2. The van der Waals surface area contributed by atoms with E-state index in [1.54, 1.807) is 18.6 Å². The summed E-state index contributed by atoms with van der Waals surface area (Å²) < 4.78 is 12.9. The number of fused-ring (bicyclic) bond motifs is 1. The number of nitrogens with zero attached hydrogens (tertiary/aromatic N) is 4. The van der Waals surface area contributed by atoms with Crippen molar-refractivity contribution in [3.05, 3.63) is 35.1 Å². The highest BCUT2D eigenvalue weighted by molar-refractivity contribution is 5.89. The quantitative estimate of drug-likeness (QED) is 0.773. The lowest BCUT2D eigenvalue weighted by molar-refractivity contribution is 0.0482. The molecule has 1 aliphatic heterocycles. The summed E-state index contributed by atoms with van der Waals surface area (Å²) in [5, 5.41) is 0.467. The van der Waals surface area contributed by atoms with Gasteiger partial charge in [-0.25, -0.2) is 4.98 Å². The standard InChI is InChI=1S/C17H19N5O3/c1-22-8-13(19-10-22)15-14-12(2-5-18-15)16(23)21-17(20-14)25-9-11-3-6-24-7-4-11/h2,5,8,10-11H,3-4,6-7,9H2,1H3,(H,20,21,23). The molecule has 0 saturated carbocycles. The smallest absolute Gasteiger partial charge is 0.297 e. The van der Waals surface area contributed by atoms with Crippen LogP contribution in [0.1, 0.15) is 12.8 Å². The van der Waals surface area contributed by atoms with Crippen LogP contribution < -0.4 is 10.3 Å². The van der Waals surface area contributed by atoms with E-state index in [2.05, 4.69) is 19.9 Å². The number of nitrogens with one attached hydrogen (secondary N) is 1. The Labute approximate surface area is 143 Å². The molecular weight excluding hydrogens is 322 g/mol. The predicted octanol–water partition coefficient (Wildman–Crippen LogP) is 1.52. The molecule has 0 aromatic carbocycles. The van der Waals surface area contributed by atoms with Gasteiger partial charge in [0.2, 0.25) is 0 Å². The first-order valence-electron chi connectivity index (χ1n) is 8.28. The molecule has 4 rings (SSSR count). The third-order valence-corrected chi connectivity index (χ3v) is 4.35. The van der Waals surface area contributed by atoms with Crippen molar-refractivity contribution >= 4 is 10.9 Å². The molecule has 25 heavy (non-hydrogen) atoms. The van der Waals surface area contributed by atoms with Crippen molar-refractivity contribution in [1.82, 2.24) is 24.5 Å². The van der Waals surface area contributed by atoms with Crippen LogP contribution in [0, 0.1) is 5.92 Å². The van der Waals surface area contributed by atoms with E-state index in [0.717, 1.165) is 26.1 Å². The highest BCUT2D eigenvalue weighted by Crippen LogP contribution is 2.23. The van der Waals surface area contributed by atoms with Gasteiger partial charge in [-0.2, -0.15) is 4.98 Å². The third-order valence-electron chi connectivity index (χ3n) is 4.35. The van der Waals surface area contributed by atoms with Gasteiger partial charge in [0.25, 0.3) is 11.6 Å². The normalized spacial score (nSPS) is 15.6. The van der Waals surface area contributed by atoms with Gasteiger partial charge in [-0.05, 0) is 24.8 Å². The zero-order valence-corrected chi connectivity index (χ0v) is 13.9. The minimum Gasteiger partial charge on any atom is -0.464 e. The summed E-state index contributed by atoms with van der Waals surface area (Å²) in [5.74, 6) is 0.416. The van der Waals surface area contributed by atoms with Gasteiger partial charge >= 0.3 is 0 Å². The van der Waals surface area contributed by atoms with Crippen LogP contribution in [0.25, 0.3) is 22.3 Å². The predicted molar refractivity (Wildman–Crippen MR) is 91.4 cm³/mol. The van der Waals surface area contributed by atoms with E-state index < -0.39 is 0 Å². The van der Waals surface area contributed by atoms with Gasteiger partial charge in [-0.15, -0.1) is 0 Å². The summed E-state index contributed by atoms with van der Waals surface area (Å²) >= 11 is 0. The zero-order valence-electron chi connectivity index (χ0n) is 13.9. The Bertz CT molecular complexity index is 943. The minimum atomic E-state index is -0.244. The van der Waals surface area contributed by atoms with Crippen molar-refractivity contribution in [1.29, 1.82) is 0 Å². The van der Waals surface area contributed by atoms with Crippen molar-refractivity contribution < 1.29 is 9.47 Å². The van der Waals surface area contributed by atoms with Gasteiger partial charge in [-0.3, -0.25) is 14.8 Å². The molecule has 3 aromatic rings. The van der Waals surface area contributed by atoms with Gasteiger partial charge in [0.1, 0.15) is 16.9 Å². The first kappa shape index (κ1) is 15.8. The van der Waals surface area contributed by atoms with E-state index in [0.29, 0.717) is 34.8 Å². The monoisotopic (exact) mass is 341 g/mol. The number of hydrogen-bond acceptors (Lipinski definition) is 6. The van der Waals surface area contributed by atoms with Gasteiger partial charge < -0.3 is 14.0 Å². The molecule has 1 fully saturated rings. The van der Waals surface area contributed by atoms with Crippen LogP contribution in [0.15, 0.2) is 29.6 Å². The van der Waals surface area contributed by atoms with Crippen molar-refractivity contribution in [3.8, 4) is 17.4 Å². The maximum absolute atomic E-state index is 12.4. The molecule has 0 radical (unpaired) electrons. The fourth-order valence-electron chi connectivity index (χ4n) is 2.95. The fraction of sp³-hybridized carbons (Fsp3) is 0.412. The molecule has 0 spiro atoms. The Kier molecular flexibility index (Phi) is 4.19. The Hall–Kier alpha value is -2.74. The number of aryl methyl sites for hydroxylation is 1. The molecular formula is C17H19N5O3. The maximum Gasteiger partial charge on any atom is 0.297 e. The van der Waals surface area contributed by atoms with E-state index in [4.69, 9.17) is 9.47 Å². The molecule has 8 heteroatoms. The first-order valence-corrected chi connectivity index (χ1v) is 8.28. The highest BCUT2D eigenvalue weighted by atomic mass is 16.5. The molecule has 1 N–H and O–H groups in total. The highest BCUT2D eigenvalue weighted by Gasteiger charge is 2.17.